The highest BCUT2D eigenvalue weighted by Gasteiger charge is 2.67. The first-order valence-corrected chi connectivity index (χ1v) is 12.9. The van der Waals surface area contributed by atoms with Crippen molar-refractivity contribution < 1.29 is 24.9 Å². The van der Waals surface area contributed by atoms with Crippen LogP contribution in [0.15, 0.2) is 12.2 Å². The smallest absolute Gasteiger partial charge is 0.330 e. The Hall–Kier alpha value is -0.910. The third-order valence-corrected chi connectivity index (χ3v) is 10.9. The molecule has 0 heterocycles. The topological polar surface area (TPSA) is 87.0 Å². The van der Waals surface area contributed by atoms with E-state index in [1.54, 1.807) is 0 Å². The fourth-order valence-corrected chi connectivity index (χ4v) is 9.25. The molecular weight excluding hydrogens is 404 g/mol. The Morgan fingerprint density at radius 2 is 1.81 bits per heavy atom. The molecule has 5 heteroatoms. The number of ether oxygens (including phenoxy) is 1. The lowest BCUT2D eigenvalue weighted by Gasteiger charge is -2.65. The van der Waals surface area contributed by atoms with Crippen LogP contribution in [0.2, 0.25) is 0 Å². The second kappa shape index (κ2) is 8.70. The molecule has 0 bridgehead atoms. The summed E-state index contributed by atoms with van der Waals surface area (Å²) in [7, 11) is 1.39. The Bertz CT molecular complexity index is 736. The van der Waals surface area contributed by atoms with E-state index in [0.29, 0.717) is 11.8 Å². The number of aliphatic hydroxyl groups is 3. The van der Waals surface area contributed by atoms with Crippen LogP contribution in [0.25, 0.3) is 0 Å². The van der Waals surface area contributed by atoms with Gasteiger partial charge in [0.25, 0.3) is 0 Å². The van der Waals surface area contributed by atoms with E-state index >= 15 is 0 Å². The number of esters is 1. The van der Waals surface area contributed by atoms with Crippen molar-refractivity contribution in [1.29, 1.82) is 0 Å². The van der Waals surface area contributed by atoms with Crippen molar-refractivity contribution in [3.63, 3.8) is 0 Å². The maximum atomic E-state index is 11.7. The molecule has 0 amide bonds. The van der Waals surface area contributed by atoms with Crippen LogP contribution in [0.5, 0.6) is 0 Å². The average molecular weight is 449 g/mol. The van der Waals surface area contributed by atoms with Crippen molar-refractivity contribution in [2.45, 2.75) is 91.0 Å². The third-order valence-electron chi connectivity index (χ3n) is 10.9. The minimum absolute atomic E-state index is 0.0700. The summed E-state index contributed by atoms with van der Waals surface area (Å²) in [5, 5.41) is 33.8. The molecule has 0 aromatic carbocycles. The summed E-state index contributed by atoms with van der Waals surface area (Å²) >= 11 is 0. The summed E-state index contributed by atoms with van der Waals surface area (Å²) in [4.78, 5) is 11.6. The van der Waals surface area contributed by atoms with Crippen LogP contribution in [0, 0.1) is 52.3 Å². The molecule has 4 aliphatic rings. The van der Waals surface area contributed by atoms with Crippen molar-refractivity contribution in [3.8, 4) is 0 Å². The number of allylic oxidation sites excluding steroid dienone is 1. The lowest BCUT2D eigenvalue weighted by Crippen LogP contribution is -2.65. The van der Waals surface area contributed by atoms with Gasteiger partial charge in [-0.15, -0.1) is 0 Å². The van der Waals surface area contributed by atoms with Gasteiger partial charge in [-0.25, -0.2) is 4.79 Å². The van der Waals surface area contributed by atoms with Gasteiger partial charge in [0, 0.05) is 11.5 Å². The van der Waals surface area contributed by atoms with Crippen LogP contribution < -0.4 is 0 Å². The van der Waals surface area contributed by atoms with Crippen LogP contribution in [0.4, 0.5) is 0 Å². The zero-order valence-corrected chi connectivity index (χ0v) is 20.5. The molecule has 0 aromatic rings. The number of hydrogen-bond donors (Lipinski definition) is 3. The predicted octanol–water partition coefficient (Wildman–Crippen LogP) is 3.95. The first-order chi connectivity index (χ1) is 15.1. The van der Waals surface area contributed by atoms with Crippen molar-refractivity contribution in [3.05, 3.63) is 12.2 Å². The molecule has 4 saturated carbocycles. The molecule has 0 spiro atoms. The van der Waals surface area contributed by atoms with Gasteiger partial charge in [0.1, 0.15) is 0 Å². The van der Waals surface area contributed by atoms with Gasteiger partial charge in [0.15, 0.2) is 0 Å². The van der Waals surface area contributed by atoms with Gasteiger partial charge in [-0.3, -0.25) is 0 Å². The minimum Gasteiger partial charge on any atom is -0.466 e. The molecule has 4 fully saturated rings. The predicted molar refractivity (Wildman–Crippen MR) is 123 cm³/mol. The molecule has 0 radical (unpaired) electrons. The van der Waals surface area contributed by atoms with Crippen LogP contribution in [-0.4, -0.2) is 46.7 Å². The standard InChI is InChI=1S/C27H44O5/c1-6-17-20-13-16(28)11-12-26(20,3)21-14-22(29)27(4)18(15(2)7-10-23(30)32-5)8-9-19(27)24(21)25(17)31/h7,10,15-22,24-25,28-29,31H,6,8-9,11-14H2,1-5H3/b10-7+/t15-,16-,17-,18-,19+,20+,21+,22+,24+,25-,26+,27-/m1/s1. The summed E-state index contributed by atoms with van der Waals surface area (Å²) in [5.74, 6) is 1.41. The molecule has 4 rings (SSSR count). The quantitative estimate of drug-likeness (QED) is 0.448. The number of methoxy groups -OCH3 is 1. The Balaban J connectivity index is 1.67. The fraction of sp³-hybridized carbons (Fsp3) is 0.889. The minimum atomic E-state index is -0.412. The van der Waals surface area contributed by atoms with Gasteiger partial charge in [-0.05, 0) is 85.4 Å². The highest BCUT2D eigenvalue weighted by atomic mass is 16.5. The van der Waals surface area contributed by atoms with Gasteiger partial charge in [-0.1, -0.05) is 40.2 Å². The van der Waals surface area contributed by atoms with E-state index in [0.717, 1.165) is 44.9 Å². The molecule has 4 aliphatic carbocycles. The summed E-state index contributed by atoms with van der Waals surface area (Å²) in [6, 6.07) is 0. The molecule has 32 heavy (non-hydrogen) atoms. The molecule has 12 atom stereocenters. The Morgan fingerprint density at radius 1 is 1.09 bits per heavy atom. The van der Waals surface area contributed by atoms with Gasteiger partial charge < -0.3 is 20.1 Å². The summed E-state index contributed by atoms with van der Waals surface area (Å²) in [6.45, 7) is 8.96. The average Bonchev–Trinajstić information content (AvgIpc) is 3.12. The number of aliphatic hydroxyl groups excluding tert-OH is 3. The van der Waals surface area contributed by atoms with Gasteiger partial charge >= 0.3 is 5.97 Å². The molecule has 182 valence electrons. The number of hydrogen-bond acceptors (Lipinski definition) is 5. The molecule has 3 N–H and O–H groups in total. The van der Waals surface area contributed by atoms with Crippen LogP contribution in [-0.2, 0) is 9.53 Å². The molecule has 0 saturated heterocycles. The molecule has 0 unspecified atom stereocenters. The monoisotopic (exact) mass is 448 g/mol. The Labute approximate surface area is 193 Å². The Morgan fingerprint density at radius 3 is 2.47 bits per heavy atom. The van der Waals surface area contributed by atoms with Crippen LogP contribution >= 0.6 is 0 Å². The van der Waals surface area contributed by atoms with Gasteiger partial charge in [0.2, 0.25) is 0 Å². The maximum Gasteiger partial charge on any atom is 0.330 e. The van der Waals surface area contributed by atoms with E-state index in [9.17, 15) is 20.1 Å². The number of fused-ring (bicyclic) bond motifs is 5. The van der Waals surface area contributed by atoms with Crippen molar-refractivity contribution in [2.24, 2.45) is 52.3 Å². The molecular formula is C27H44O5. The second-order valence-corrected chi connectivity index (χ2v) is 11.9. The van der Waals surface area contributed by atoms with Crippen molar-refractivity contribution in [2.75, 3.05) is 7.11 Å². The number of rotatable bonds is 4. The normalized spacial score (nSPS) is 51.6. The van der Waals surface area contributed by atoms with E-state index in [-0.39, 0.29) is 58.6 Å². The van der Waals surface area contributed by atoms with Gasteiger partial charge in [-0.2, -0.15) is 0 Å². The third kappa shape index (κ3) is 3.49. The SMILES string of the molecule is CC[C@H]1[C@@H](O)[C@@H]2[C@H](C[C@H](O)[C@]3(C)[C@@H]([C@H](C)/C=C/C(=O)OC)CC[C@@H]23)[C@@]2(C)CC[C@@H](O)C[C@@H]12. The van der Waals surface area contributed by atoms with E-state index in [1.165, 1.54) is 13.2 Å². The molecule has 0 aliphatic heterocycles. The first-order valence-electron chi connectivity index (χ1n) is 12.9. The van der Waals surface area contributed by atoms with E-state index in [4.69, 9.17) is 4.74 Å². The maximum absolute atomic E-state index is 11.7. The number of carbonyl (C=O) groups is 1. The lowest BCUT2D eigenvalue weighted by molar-refractivity contribution is -0.227. The zero-order valence-electron chi connectivity index (χ0n) is 20.5. The highest BCUT2D eigenvalue weighted by Crippen LogP contribution is 2.69. The van der Waals surface area contributed by atoms with Crippen LogP contribution in [0.3, 0.4) is 0 Å². The van der Waals surface area contributed by atoms with Crippen LogP contribution in [0.1, 0.15) is 72.6 Å². The fourth-order valence-electron chi connectivity index (χ4n) is 9.25. The van der Waals surface area contributed by atoms with Crippen molar-refractivity contribution >= 4 is 5.97 Å². The van der Waals surface area contributed by atoms with E-state index in [2.05, 4.69) is 27.7 Å². The number of carbonyl (C=O) groups excluding carboxylic acids is 1. The van der Waals surface area contributed by atoms with E-state index in [1.807, 2.05) is 6.08 Å². The lowest BCUT2D eigenvalue weighted by atomic mass is 9.41. The Kier molecular flexibility index (Phi) is 6.59. The highest BCUT2D eigenvalue weighted by molar-refractivity contribution is 5.81. The van der Waals surface area contributed by atoms with Crippen molar-refractivity contribution in [1.82, 2.24) is 0 Å². The van der Waals surface area contributed by atoms with E-state index < -0.39 is 6.10 Å². The summed E-state index contributed by atoms with van der Waals surface area (Å²) in [6.07, 6.45) is 8.71. The largest absolute Gasteiger partial charge is 0.466 e. The second-order valence-electron chi connectivity index (χ2n) is 11.9. The summed E-state index contributed by atoms with van der Waals surface area (Å²) in [5.41, 5.74) is -0.196. The molecule has 0 aromatic heterocycles. The zero-order chi connectivity index (χ0) is 23.4. The first kappa shape index (κ1) is 24.2. The molecule has 5 nitrogen and oxygen atoms in total. The van der Waals surface area contributed by atoms with Gasteiger partial charge in [0.05, 0.1) is 25.4 Å². The summed E-state index contributed by atoms with van der Waals surface area (Å²) < 4.78 is 4.77.